The SMILES string of the molecule is CCN(CC)C(=O)n1c(=O)[nH]c2cc(N)ccc21. The van der Waals surface area contributed by atoms with Crippen LogP contribution in [0.5, 0.6) is 0 Å². The van der Waals surface area contributed by atoms with Crippen LogP contribution < -0.4 is 11.4 Å². The number of nitrogen functional groups attached to an aromatic ring is 1. The molecule has 18 heavy (non-hydrogen) atoms. The van der Waals surface area contributed by atoms with E-state index >= 15 is 0 Å². The van der Waals surface area contributed by atoms with Crippen LogP contribution >= 0.6 is 0 Å². The van der Waals surface area contributed by atoms with Gasteiger partial charge in [-0.15, -0.1) is 0 Å². The maximum atomic E-state index is 12.2. The molecule has 6 heteroatoms. The summed E-state index contributed by atoms with van der Waals surface area (Å²) < 4.78 is 1.14. The topological polar surface area (TPSA) is 84.1 Å². The third kappa shape index (κ3) is 1.85. The number of hydrogen-bond donors (Lipinski definition) is 2. The molecule has 0 radical (unpaired) electrons. The number of H-pyrrole nitrogens is 1. The van der Waals surface area contributed by atoms with Gasteiger partial charge in [0.25, 0.3) is 0 Å². The molecular weight excluding hydrogens is 232 g/mol. The van der Waals surface area contributed by atoms with Gasteiger partial charge in [-0.2, -0.15) is 0 Å². The Kier molecular flexibility index (Phi) is 3.10. The van der Waals surface area contributed by atoms with Crippen LogP contribution in [0, 0.1) is 0 Å². The maximum Gasteiger partial charge on any atom is 0.334 e. The van der Waals surface area contributed by atoms with Crippen molar-refractivity contribution in [3.05, 3.63) is 28.7 Å². The molecule has 1 amide bonds. The molecule has 0 fully saturated rings. The molecule has 0 aliphatic heterocycles. The van der Waals surface area contributed by atoms with E-state index in [9.17, 15) is 9.59 Å². The summed E-state index contributed by atoms with van der Waals surface area (Å²) in [6.45, 7) is 4.87. The predicted octanol–water partition coefficient (Wildman–Crippen LogP) is 1.22. The lowest BCUT2D eigenvalue weighted by atomic mass is 10.3. The second-order valence-corrected chi connectivity index (χ2v) is 4.00. The Morgan fingerprint density at radius 2 is 2.06 bits per heavy atom. The lowest BCUT2D eigenvalue weighted by Gasteiger charge is -2.18. The number of nitrogens with zero attached hydrogens (tertiary/aromatic N) is 2. The molecule has 6 nitrogen and oxygen atoms in total. The van der Waals surface area contributed by atoms with Gasteiger partial charge in [0.2, 0.25) is 0 Å². The second kappa shape index (κ2) is 4.56. The van der Waals surface area contributed by atoms with Gasteiger partial charge in [-0.25, -0.2) is 14.2 Å². The van der Waals surface area contributed by atoms with E-state index in [0.717, 1.165) is 4.57 Å². The Labute approximate surface area is 104 Å². The fourth-order valence-electron chi connectivity index (χ4n) is 1.95. The highest BCUT2D eigenvalue weighted by atomic mass is 16.2. The molecule has 1 aromatic carbocycles. The Morgan fingerprint density at radius 3 is 2.67 bits per heavy atom. The molecule has 2 rings (SSSR count). The number of aromatic amines is 1. The molecule has 2 aromatic rings. The van der Waals surface area contributed by atoms with Crippen LogP contribution in [0.25, 0.3) is 11.0 Å². The van der Waals surface area contributed by atoms with Crippen LogP contribution in [0.15, 0.2) is 23.0 Å². The van der Waals surface area contributed by atoms with Crippen molar-refractivity contribution in [1.29, 1.82) is 0 Å². The normalized spacial score (nSPS) is 10.8. The number of nitrogens with two attached hydrogens (primary N) is 1. The number of imidazole rings is 1. The molecule has 96 valence electrons. The summed E-state index contributed by atoms with van der Waals surface area (Å²) in [6.07, 6.45) is 0. The number of hydrogen-bond acceptors (Lipinski definition) is 3. The Bertz CT molecular complexity index is 637. The monoisotopic (exact) mass is 248 g/mol. The van der Waals surface area contributed by atoms with Crippen molar-refractivity contribution in [2.45, 2.75) is 13.8 Å². The van der Waals surface area contributed by atoms with Crippen LogP contribution in [0.4, 0.5) is 10.5 Å². The van der Waals surface area contributed by atoms with E-state index in [1.54, 1.807) is 23.1 Å². The third-order valence-electron chi connectivity index (χ3n) is 2.93. The fourth-order valence-corrected chi connectivity index (χ4v) is 1.95. The number of carbonyl (C=O) groups excluding carboxylic acids is 1. The van der Waals surface area contributed by atoms with E-state index in [-0.39, 0.29) is 6.03 Å². The van der Waals surface area contributed by atoms with Gasteiger partial charge in [0, 0.05) is 18.8 Å². The zero-order chi connectivity index (χ0) is 13.3. The fraction of sp³-hybridized carbons (Fsp3) is 0.333. The molecule has 0 saturated carbocycles. The van der Waals surface area contributed by atoms with Crippen LogP contribution in [0.1, 0.15) is 13.8 Å². The number of nitrogens with one attached hydrogen (secondary N) is 1. The summed E-state index contributed by atoms with van der Waals surface area (Å²) in [6, 6.07) is 4.66. The first kappa shape index (κ1) is 12.2. The minimum Gasteiger partial charge on any atom is -0.399 e. The van der Waals surface area contributed by atoms with Gasteiger partial charge in [-0.05, 0) is 32.0 Å². The second-order valence-electron chi connectivity index (χ2n) is 4.00. The molecule has 0 aliphatic rings. The van der Waals surface area contributed by atoms with Crippen LogP contribution in [0.3, 0.4) is 0 Å². The summed E-state index contributed by atoms with van der Waals surface area (Å²) in [5.74, 6) is 0. The zero-order valence-corrected chi connectivity index (χ0v) is 10.4. The summed E-state index contributed by atoms with van der Waals surface area (Å²) in [5.41, 5.74) is 6.87. The number of aromatic nitrogens is 2. The van der Waals surface area contributed by atoms with Gasteiger partial charge in [0.1, 0.15) is 0 Å². The highest BCUT2D eigenvalue weighted by Gasteiger charge is 2.18. The van der Waals surface area contributed by atoms with E-state index in [0.29, 0.717) is 29.8 Å². The van der Waals surface area contributed by atoms with Crippen molar-refractivity contribution >= 4 is 22.8 Å². The zero-order valence-electron chi connectivity index (χ0n) is 10.4. The van der Waals surface area contributed by atoms with Gasteiger partial charge in [0.15, 0.2) is 0 Å². The van der Waals surface area contributed by atoms with Gasteiger partial charge in [-0.1, -0.05) is 0 Å². The molecule has 1 heterocycles. The quantitative estimate of drug-likeness (QED) is 0.784. The van der Waals surface area contributed by atoms with E-state index in [1.807, 2.05) is 13.8 Å². The average molecular weight is 248 g/mol. The summed E-state index contributed by atoms with van der Waals surface area (Å²) in [7, 11) is 0. The summed E-state index contributed by atoms with van der Waals surface area (Å²) in [4.78, 5) is 28.3. The molecule has 0 saturated heterocycles. The van der Waals surface area contributed by atoms with Gasteiger partial charge in [0.05, 0.1) is 11.0 Å². The van der Waals surface area contributed by atoms with E-state index < -0.39 is 5.69 Å². The maximum absolute atomic E-state index is 12.2. The highest BCUT2D eigenvalue weighted by molar-refractivity contribution is 5.90. The molecule has 3 N–H and O–H groups in total. The van der Waals surface area contributed by atoms with Crippen molar-refractivity contribution in [1.82, 2.24) is 14.5 Å². The van der Waals surface area contributed by atoms with Crippen molar-refractivity contribution in [3.8, 4) is 0 Å². The van der Waals surface area contributed by atoms with Crippen molar-refractivity contribution in [2.24, 2.45) is 0 Å². The first-order valence-electron chi connectivity index (χ1n) is 5.88. The minimum atomic E-state index is -0.437. The molecule has 0 atom stereocenters. The number of fused-ring (bicyclic) bond motifs is 1. The van der Waals surface area contributed by atoms with Crippen LogP contribution in [-0.2, 0) is 0 Å². The average Bonchev–Trinajstić information content (AvgIpc) is 2.65. The Hall–Kier alpha value is -2.24. The van der Waals surface area contributed by atoms with Crippen molar-refractivity contribution in [2.75, 3.05) is 18.8 Å². The van der Waals surface area contributed by atoms with Gasteiger partial charge < -0.3 is 15.6 Å². The molecule has 0 spiro atoms. The number of benzene rings is 1. The third-order valence-corrected chi connectivity index (χ3v) is 2.93. The summed E-state index contributed by atoms with van der Waals surface area (Å²) in [5, 5.41) is 0. The minimum absolute atomic E-state index is 0.318. The first-order chi connectivity index (χ1) is 8.58. The number of rotatable bonds is 2. The smallest absolute Gasteiger partial charge is 0.334 e. The number of carbonyl (C=O) groups is 1. The molecular formula is C12H16N4O2. The molecule has 0 aliphatic carbocycles. The molecule has 0 bridgehead atoms. The Morgan fingerprint density at radius 1 is 1.39 bits per heavy atom. The lowest BCUT2D eigenvalue weighted by Crippen LogP contribution is -2.38. The largest absolute Gasteiger partial charge is 0.399 e. The van der Waals surface area contributed by atoms with Crippen molar-refractivity contribution < 1.29 is 4.79 Å². The standard InChI is InChI=1S/C12H16N4O2/c1-3-15(4-2)12(18)16-10-6-5-8(13)7-9(10)14-11(16)17/h5-7H,3-4,13H2,1-2H3,(H,14,17). The molecule has 0 unspecified atom stereocenters. The lowest BCUT2D eigenvalue weighted by molar-refractivity contribution is 0.205. The van der Waals surface area contributed by atoms with Gasteiger partial charge >= 0.3 is 11.7 Å². The summed E-state index contributed by atoms with van der Waals surface area (Å²) >= 11 is 0. The highest BCUT2D eigenvalue weighted by Crippen LogP contribution is 2.14. The Balaban J connectivity index is 2.60. The van der Waals surface area contributed by atoms with Crippen LogP contribution in [0.2, 0.25) is 0 Å². The van der Waals surface area contributed by atoms with E-state index in [1.165, 1.54) is 0 Å². The van der Waals surface area contributed by atoms with E-state index in [2.05, 4.69) is 4.98 Å². The number of amides is 1. The predicted molar refractivity (Wildman–Crippen MR) is 70.7 cm³/mol. The molecule has 1 aromatic heterocycles. The van der Waals surface area contributed by atoms with E-state index in [4.69, 9.17) is 5.73 Å². The van der Waals surface area contributed by atoms with Crippen LogP contribution in [-0.4, -0.2) is 33.6 Å². The van der Waals surface area contributed by atoms with Crippen molar-refractivity contribution in [3.63, 3.8) is 0 Å². The van der Waals surface area contributed by atoms with Gasteiger partial charge in [-0.3, -0.25) is 0 Å². The first-order valence-corrected chi connectivity index (χ1v) is 5.88. The number of anilines is 1.